The van der Waals surface area contributed by atoms with E-state index >= 15 is 0 Å². The summed E-state index contributed by atoms with van der Waals surface area (Å²) in [5.41, 5.74) is 5.07. The molecular formula is C22H21ClN6O. The van der Waals surface area contributed by atoms with Gasteiger partial charge in [0.15, 0.2) is 5.82 Å². The van der Waals surface area contributed by atoms with Crippen molar-refractivity contribution in [2.24, 2.45) is 0 Å². The van der Waals surface area contributed by atoms with Crippen LogP contribution in [0.1, 0.15) is 29.4 Å². The first-order valence-electron chi connectivity index (χ1n) is 9.78. The van der Waals surface area contributed by atoms with Crippen LogP contribution in [-0.2, 0) is 6.42 Å². The first-order valence-corrected chi connectivity index (χ1v) is 10.2. The summed E-state index contributed by atoms with van der Waals surface area (Å²) in [6.07, 6.45) is 5.65. The summed E-state index contributed by atoms with van der Waals surface area (Å²) >= 11 is 6.03. The van der Waals surface area contributed by atoms with E-state index in [1.54, 1.807) is 13.4 Å². The minimum atomic E-state index is 0.182. The quantitative estimate of drug-likeness (QED) is 0.506. The second kappa shape index (κ2) is 7.50. The summed E-state index contributed by atoms with van der Waals surface area (Å²) in [5.74, 6) is 1.53. The zero-order valence-corrected chi connectivity index (χ0v) is 17.5. The van der Waals surface area contributed by atoms with Gasteiger partial charge in [-0.15, -0.1) is 5.10 Å². The summed E-state index contributed by atoms with van der Waals surface area (Å²) in [7, 11) is 1.67. The molecule has 0 saturated heterocycles. The fraction of sp³-hybridized carbons (Fsp3) is 0.227. The van der Waals surface area contributed by atoms with Gasteiger partial charge in [0.25, 0.3) is 0 Å². The first kappa shape index (κ1) is 18.7. The Hall–Kier alpha value is -3.32. The lowest BCUT2D eigenvalue weighted by molar-refractivity contribution is 0.413. The van der Waals surface area contributed by atoms with Gasteiger partial charge >= 0.3 is 0 Å². The van der Waals surface area contributed by atoms with Crippen LogP contribution in [0.4, 0.5) is 11.5 Å². The van der Waals surface area contributed by atoms with E-state index in [2.05, 4.69) is 32.7 Å². The molecule has 0 radical (unpaired) electrons. The Morgan fingerprint density at radius 2 is 2.00 bits per heavy atom. The number of imidazole rings is 1. The molecule has 1 N–H and O–H groups in total. The summed E-state index contributed by atoms with van der Waals surface area (Å²) < 4.78 is 9.56. The van der Waals surface area contributed by atoms with E-state index in [1.165, 1.54) is 5.56 Å². The van der Waals surface area contributed by atoms with Crippen molar-refractivity contribution in [2.45, 2.75) is 25.8 Å². The van der Waals surface area contributed by atoms with Crippen LogP contribution in [0.5, 0.6) is 5.75 Å². The van der Waals surface area contributed by atoms with Crippen molar-refractivity contribution in [2.75, 3.05) is 12.4 Å². The van der Waals surface area contributed by atoms with Gasteiger partial charge in [-0.1, -0.05) is 28.9 Å². The van der Waals surface area contributed by atoms with Crippen molar-refractivity contribution in [3.63, 3.8) is 0 Å². The number of hydrogen-bond donors (Lipinski definition) is 1. The number of nitrogens with zero attached hydrogens (tertiary/aromatic N) is 5. The number of methoxy groups -OCH3 is 1. The summed E-state index contributed by atoms with van der Waals surface area (Å²) in [6.45, 7) is 1.96. The molecule has 1 aliphatic heterocycles. The van der Waals surface area contributed by atoms with Crippen LogP contribution in [0.25, 0.3) is 5.69 Å². The largest absolute Gasteiger partial charge is 0.494 e. The number of anilines is 2. The topological polar surface area (TPSA) is 69.8 Å². The molecule has 2 aromatic carbocycles. The Labute approximate surface area is 179 Å². The highest BCUT2D eigenvalue weighted by atomic mass is 35.5. The number of rotatable bonds is 5. The molecule has 1 atom stereocenters. The van der Waals surface area contributed by atoms with Gasteiger partial charge in [0, 0.05) is 23.0 Å². The third-order valence-corrected chi connectivity index (χ3v) is 5.68. The molecule has 0 amide bonds. The predicted molar refractivity (Wildman–Crippen MR) is 116 cm³/mol. The average Bonchev–Trinajstić information content (AvgIpc) is 3.46. The molecule has 2 aromatic heterocycles. The lowest BCUT2D eigenvalue weighted by atomic mass is 10.1. The molecule has 3 heterocycles. The van der Waals surface area contributed by atoms with Crippen LogP contribution in [0.15, 0.2) is 55.0 Å². The molecule has 0 spiro atoms. The van der Waals surface area contributed by atoms with Crippen LogP contribution in [0, 0.1) is 6.92 Å². The van der Waals surface area contributed by atoms with E-state index in [0.717, 1.165) is 52.2 Å². The van der Waals surface area contributed by atoms with Crippen molar-refractivity contribution in [1.29, 1.82) is 0 Å². The fourth-order valence-electron chi connectivity index (χ4n) is 3.94. The van der Waals surface area contributed by atoms with Crippen LogP contribution in [-0.4, -0.2) is 31.7 Å². The molecule has 0 bridgehead atoms. The van der Waals surface area contributed by atoms with Gasteiger partial charge in [0.05, 0.1) is 36.6 Å². The first-order chi connectivity index (χ1) is 14.6. The number of benzene rings is 2. The number of halogens is 1. The number of fused-ring (bicyclic) bond motifs is 1. The highest BCUT2D eigenvalue weighted by Gasteiger charge is 2.28. The van der Waals surface area contributed by atoms with Crippen molar-refractivity contribution in [1.82, 2.24) is 24.5 Å². The summed E-state index contributed by atoms with van der Waals surface area (Å²) in [4.78, 5) is 4.29. The Balaban J connectivity index is 1.41. The van der Waals surface area contributed by atoms with Gasteiger partial charge in [0.2, 0.25) is 0 Å². The van der Waals surface area contributed by atoms with Gasteiger partial charge < -0.3 is 14.6 Å². The number of ether oxygens (including phenoxy) is 1. The lowest BCUT2D eigenvalue weighted by Crippen LogP contribution is -2.07. The molecule has 1 aliphatic rings. The summed E-state index contributed by atoms with van der Waals surface area (Å²) in [5, 5.41) is 12.9. The second-order valence-corrected chi connectivity index (χ2v) is 7.81. The van der Waals surface area contributed by atoms with Crippen molar-refractivity contribution in [3.05, 3.63) is 77.0 Å². The molecule has 152 valence electrons. The smallest absolute Gasteiger partial charge is 0.176 e. The van der Waals surface area contributed by atoms with Gasteiger partial charge in [-0.05, 0) is 49.6 Å². The number of hydrogen-bond acceptors (Lipinski definition) is 5. The van der Waals surface area contributed by atoms with Gasteiger partial charge in [-0.3, -0.25) is 0 Å². The van der Waals surface area contributed by atoms with E-state index in [9.17, 15) is 0 Å². The minimum absolute atomic E-state index is 0.182. The third kappa shape index (κ3) is 3.31. The monoisotopic (exact) mass is 420 g/mol. The number of aromatic nitrogens is 5. The van der Waals surface area contributed by atoms with E-state index in [0.29, 0.717) is 0 Å². The highest BCUT2D eigenvalue weighted by Crippen LogP contribution is 2.36. The molecule has 5 rings (SSSR count). The molecule has 0 fully saturated rings. The Morgan fingerprint density at radius 1 is 1.17 bits per heavy atom. The molecule has 1 unspecified atom stereocenters. The van der Waals surface area contributed by atoms with Gasteiger partial charge in [-0.2, -0.15) is 0 Å². The molecule has 7 nitrogen and oxygen atoms in total. The van der Waals surface area contributed by atoms with Crippen LogP contribution < -0.4 is 10.1 Å². The normalized spacial score (nSPS) is 15.2. The fourth-order valence-corrected chi connectivity index (χ4v) is 4.07. The predicted octanol–water partition coefficient (Wildman–Crippen LogP) is 4.71. The van der Waals surface area contributed by atoms with Crippen molar-refractivity contribution >= 4 is 23.1 Å². The van der Waals surface area contributed by atoms with E-state index in [1.807, 2.05) is 52.7 Å². The number of nitrogens with one attached hydrogen (secondary N) is 1. The number of aryl methyl sites for hydroxylation is 1. The van der Waals surface area contributed by atoms with Crippen LogP contribution in [0.3, 0.4) is 0 Å². The molecular weight excluding hydrogens is 400 g/mol. The standard InChI is InChI=1S/C22H21ClN6O/c1-14-12-28(13-24-14)19-8-7-17(11-21(19)30-2)25-22-20-10-9-18(29(20)27-26-22)15-3-5-16(23)6-4-15/h3-8,11-13,18,25H,9-10H2,1-2H3. The lowest BCUT2D eigenvalue weighted by Gasteiger charge is -2.12. The highest BCUT2D eigenvalue weighted by molar-refractivity contribution is 6.30. The Bertz CT molecular complexity index is 1200. The molecule has 8 heteroatoms. The zero-order chi connectivity index (χ0) is 20.7. The third-order valence-electron chi connectivity index (χ3n) is 5.43. The van der Waals surface area contributed by atoms with E-state index < -0.39 is 0 Å². The summed E-state index contributed by atoms with van der Waals surface area (Å²) in [6, 6.07) is 14.1. The van der Waals surface area contributed by atoms with Gasteiger partial charge in [0.1, 0.15) is 5.75 Å². The zero-order valence-electron chi connectivity index (χ0n) is 16.7. The van der Waals surface area contributed by atoms with Crippen molar-refractivity contribution in [3.8, 4) is 11.4 Å². The maximum atomic E-state index is 6.03. The van der Waals surface area contributed by atoms with E-state index in [4.69, 9.17) is 16.3 Å². The maximum absolute atomic E-state index is 6.03. The molecule has 0 aliphatic carbocycles. The Morgan fingerprint density at radius 3 is 2.73 bits per heavy atom. The van der Waals surface area contributed by atoms with Gasteiger partial charge in [-0.25, -0.2) is 9.67 Å². The van der Waals surface area contributed by atoms with Crippen molar-refractivity contribution < 1.29 is 4.74 Å². The maximum Gasteiger partial charge on any atom is 0.176 e. The molecule has 30 heavy (non-hydrogen) atoms. The average molecular weight is 421 g/mol. The second-order valence-electron chi connectivity index (χ2n) is 7.37. The molecule has 0 saturated carbocycles. The van der Waals surface area contributed by atoms with Crippen LogP contribution >= 0.6 is 11.6 Å². The SMILES string of the molecule is COc1cc(Nc2nnn3c2CCC3c2ccc(Cl)cc2)ccc1-n1cnc(C)c1. The Kier molecular flexibility index (Phi) is 4.67. The van der Waals surface area contributed by atoms with Crippen LogP contribution in [0.2, 0.25) is 5.02 Å². The molecule has 4 aromatic rings. The van der Waals surface area contributed by atoms with E-state index in [-0.39, 0.29) is 6.04 Å². The minimum Gasteiger partial charge on any atom is -0.494 e.